The van der Waals surface area contributed by atoms with Crippen LogP contribution in [0.1, 0.15) is 21.5 Å². The van der Waals surface area contributed by atoms with Crippen molar-refractivity contribution in [2.45, 2.75) is 13.8 Å². The Hall–Kier alpha value is -3.53. The molecule has 0 saturated carbocycles. The van der Waals surface area contributed by atoms with Crippen LogP contribution in [0.3, 0.4) is 0 Å². The Morgan fingerprint density at radius 2 is 1.70 bits per heavy atom. The van der Waals surface area contributed by atoms with Crippen molar-refractivity contribution in [3.8, 4) is 11.1 Å². The molecule has 132 valence electrons. The molecule has 4 rings (SSSR count). The van der Waals surface area contributed by atoms with E-state index in [-0.39, 0.29) is 5.91 Å². The maximum absolute atomic E-state index is 13.0. The second kappa shape index (κ2) is 7.00. The number of benzene rings is 2. The van der Waals surface area contributed by atoms with E-state index in [9.17, 15) is 4.79 Å². The lowest BCUT2D eigenvalue weighted by atomic mass is 9.99. The highest BCUT2D eigenvalue weighted by Gasteiger charge is 2.15. The molecule has 2 heterocycles. The van der Waals surface area contributed by atoms with Crippen LogP contribution in [0, 0.1) is 13.8 Å². The van der Waals surface area contributed by atoms with Crippen molar-refractivity contribution in [2.75, 3.05) is 5.32 Å². The van der Waals surface area contributed by atoms with Crippen LogP contribution in [-0.2, 0) is 0 Å². The van der Waals surface area contributed by atoms with Gasteiger partial charge in [0, 0.05) is 23.3 Å². The molecule has 4 aromatic rings. The van der Waals surface area contributed by atoms with E-state index in [0.29, 0.717) is 11.4 Å². The van der Waals surface area contributed by atoms with E-state index in [1.807, 2.05) is 36.4 Å². The quantitative estimate of drug-likeness (QED) is 0.553. The molecular weight excluding hydrogens is 334 g/mol. The summed E-state index contributed by atoms with van der Waals surface area (Å²) in [5.74, 6) is 0.355. The number of amides is 1. The minimum atomic E-state index is -0.196. The van der Waals surface area contributed by atoms with Crippen LogP contribution in [0.2, 0.25) is 0 Å². The molecule has 1 N–H and O–H groups in total. The van der Waals surface area contributed by atoms with Crippen LogP contribution in [0.25, 0.3) is 22.0 Å². The monoisotopic (exact) mass is 353 g/mol. The first-order valence-corrected chi connectivity index (χ1v) is 8.81. The Kier molecular flexibility index (Phi) is 4.38. The fourth-order valence-corrected chi connectivity index (χ4v) is 3.31. The average Bonchev–Trinajstić information content (AvgIpc) is 2.68. The first kappa shape index (κ1) is 16.9. The predicted molar refractivity (Wildman–Crippen MR) is 109 cm³/mol. The van der Waals surface area contributed by atoms with Gasteiger partial charge in [-0.05, 0) is 49.2 Å². The number of pyridine rings is 2. The van der Waals surface area contributed by atoms with Gasteiger partial charge >= 0.3 is 0 Å². The highest BCUT2D eigenvalue weighted by molar-refractivity contribution is 6.12. The predicted octanol–water partition coefficient (Wildman–Crippen LogP) is 5.17. The summed E-state index contributed by atoms with van der Waals surface area (Å²) in [6.07, 6.45) is 3.34. The molecule has 0 bridgehead atoms. The number of nitrogens with zero attached hydrogens (tertiary/aromatic N) is 2. The van der Waals surface area contributed by atoms with Gasteiger partial charge in [0.25, 0.3) is 5.91 Å². The van der Waals surface area contributed by atoms with Crippen molar-refractivity contribution >= 4 is 22.6 Å². The maximum Gasteiger partial charge on any atom is 0.257 e. The topological polar surface area (TPSA) is 54.9 Å². The van der Waals surface area contributed by atoms with Crippen molar-refractivity contribution in [3.63, 3.8) is 0 Å². The summed E-state index contributed by atoms with van der Waals surface area (Å²) in [5.41, 5.74) is 5.69. The molecule has 4 heteroatoms. The lowest BCUT2D eigenvalue weighted by molar-refractivity contribution is 0.102. The highest BCUT2D eigenvalue weighted by atomic mass is 16.1. The minimum Gasteiger partial charge on any atom is -0.306 e. The molecule has 0 saturated heterocycles. The van der Waals surface area contributed by atoms with Crippen molar-refractivity contribution < 1.29 is 4.79 Å². The number of aryl methyl sites for hydroxylation is 2. The number of nitrogens with one attached hydrogen (secondary N) is 1. The third-order valence-electron chi connectivity index (χ3n) is 4.61. The van der Waals surface area contributed by atoms with Gasteiger partial charge in [-0.2, -0.15) is 0 Å². The summed E-state index contributed by atoms with van der Waals surface area (Å²) < 4.78 is 0. The van der Waals surface area contributed by atoms with E-state index in [2.05, 4.69) is 47.3 Å². The molecular formula is C23H19N3O. The van der Waals surface area contributed by atoms with E-state index in [1.165, 1.54) is 5.56 Å². The molecule has 0 radical (unpaired) electrons. The van der Waals surface area contributed by atoms with Gasteiger partial charge in [-0.25, -0.2) is 4.98 Å². The Bertz CT molecular complexity index is 1150. The van der Waals surface area contributed by atoms with Crippen molar-refractivity contribution in [1.29, 1.82) is 0 Å². The summed E-state index contributed by atoms with van der Waals surface area (Å²) >= 11 is 0. The van der Waals surface area contributed by atoms with Gasteiger partial charge in [0.15, 0.2) is 0 Å². The van der Waals surface area contributed by atoms with Crippen molar-refractivity contribution in [3.05, 3.63) is 89.7 Å². The first-order valence-electron chi connectivity index (χ1n) is 8.81. The van der Waals surface area contributed by atoms with Crippen LogP contribution in [0.15, 0.2) is 73.1 Å². The van der Waals surface area contributed by atoms with Gasteiger partial charge in [-0.15, -0.1) is 0 Å². The van der Waals surface area contributed by atoms with Crippen molar-refractivity contribution in [2.24, 2.45) is 0 Å². The largest absolute Gasteiger partial charge is 0.306 e. The van der Waals surface area contributed by atoms with Gasteiger partial charge < -0.3 is 5.32 Å². The molecule has 0 aliphatic carbocycles. The average molecular weight is 353 g/mol. The number of aromatic nitrogens is 2. The van der Waals surface area contributed by atoms with Crippen LogP contribution < -0.4 is 5.32 Å². The van der Waals surface area contributed by atoms with Crippen LogP contribution in [0.4, 0.5) is 5.82 Å². The number of anilines is 1. The molecule has 27 heavy (non-hydrogen) atoms. The number of para-hydroxylation sites is 1. The minimum absolute atomic E-state index is 0.196. The van der Waals surface area contributed by atoms with Gasteiger partial charge in [0.1, 0.15) is 5.82 Å². The third kappa shape index (κ3) is 3.29. The molecule has 0 fully saturated rings. The lowest BCUT2D eigenvalue weighted by Gasteiger charge is -2.13. The summed E-state index contributed by atoms with van der Waals surface area (Å²) in [5, 5.41) is 3.80. The zero-order chi connectivity index (χ0) is 18.8. The van der Waals surface area contributed by atoms with Crippen LogP contribution in [-0.4, -0.2) is 15.9 Å². The fraction of sp³-hybridized carbons (Fsp3) is 0.0870. The van der Waals surface area contributed by atoms with Crippen molar-refractivity contribution in [1.82, 2.24) is 9.97 Å². The van der Waals surface area contributed by atoms with E-state index in [1.54, 1.807) is 18.5 Å². The molecule has 0 aliphatic rings. The van der Waals surface area contributed by atoms with Gasteiger partial charge in [0.05, 0.1) is 11.1 Å². The smallest absolute Gasteiger partial charge is 0.257 e. The van der Waals surface area contributed by atoms with E-state index < -0.39 is 0 Å². The van der Waals surface area contributed by atoms with Gasteiger partial charge in [-0.3, -0.25) is 9.78 Å². The lowest BCUT2D eigenvalue weighted by Crippen LogP contribution is -2.14. The molecule has 2 aromatic carbocycles. The number of carbonyl (C=O) groups excluding carboxylic acids is 1. The Labute approximate surface area is 157 Å². The second-order valence-corrected chi connectivity index (χ2v) is 6.55. The number of rotatable bonds is 3. The molecule has 0 atom stereocenters. The first-order chi connectivity index (χ1) is 13.1. The maximum atomic E-state index is 13.0. The summed E-state index contributed by atoms with van der Waals surface area (Å²) in [6.45, 7) is 4.13. The standard InChI is InChI=1S/C23H19N3O/c1-15-9-10-17(16(2)14-15)19-7-5-12-25-22(19)26-23(27)20-11-13-24-21-8-4-3-6-18(20)21/h3-14H,1-2H3,(H,25,26,27). The summed E-state index contributed by atoms with van der Waals surface area (Å²) in [7, 11) is 0. The number of fused-ring (bicyclic) bond motifs is 1. The third-order valence-corrected chi connectivity index (χ3v) is 4.61. The zero-order valence-corrected chi connectivity index (χ0v) is 15.2. The van der Waals surface area contributed by atoms with Gasteiger partial charge in [-0.1, -0.05) is 42.0 Å². The van der Waals surface area contributed by atoms with Crippen LogP contribution >= 0.6 is 0 Å². The molecule has 4 nitrogen and oxygen atoms in total. The number of hydrogen-bond acceptors (Lipinski definition) is 3. The summed E-state index contributed by atoms with van der Waals surface area (Å²) in [6, 6.07) is 19.5. The molecule has 0 spiro atoms. The number of hydrogen-bond donors (Lipinski definition) is 1. The number of carbonyl (C=O) groups is 1. The summed E-state index contributed by atoms with van der Waals surface area (Å²) in [4.78, 5) is 21.7. The Morgan fingerprint density at radius 3 is 2.56 bits per heavy atom. The fourth-order valence-electron chi connectivity index (χ4n) is 3.31. The molecule has 1 amide bonds. The zero-order valence-electron chi connectivity index (χ0n) is 15.2. The normalized spacial score (nSPS) is 10.7. The van der Waals surface area contributed by atoms with Crippen LogP contribution in [0.5, 0.6) is 0 Å². The van der Waals surface area contributed by atoms with Gasteiger partial charge in [0.2, 0.25) is 0 Å². The SMILES string of the molecule is Cc1ccc(-c2cccnc2NC(=O)c2ccnc3ccccc23)c(C)c1. The molecule has 0 unspecified atom stereocenters. The highest BCUT2D eigenvalue weighted by Crippen LogP contribution is 2.30. The second-order valence-electron chi connectivity index (χ2n) is 6.55. The van der Waals surface area contributed by atoms with E-state index in [0.717, 1.165) is 27.6 Å². The van der Waals surface area contributed by atoms with E-state index >= 15 is 0 Å². The Morgan fingerprint density at radius 1 is 0.852 bits per heavy atom. The Balaban J connectivity index is 1.74. The molecule has 2 aromatic heterocycles. The van der Waals surface area contributed by atoms with E-state index in [4.69, 9.17) is 0 Å². The molecule has 0 aliphatic heterocycles.